The van der Waals surface area contributed by atoms with Crippen molar-refractivity contribution in [3.8, 4) is 11.8 Å². The van der Waals surface area contributed by atoms with Gasteiger partial charge in [-0.1, -0.05) is 18.1 Å². The van der Waals surface area contributed by atoms with Gasteiger partial charge in [-0.15, -0.1) is 0 Å². The molecular formula is C21H17F3N2O3. The van der Waals surface area contributed by atoms with Gasteiger partial charge in [0.25, 0.3) is 0 Å². The fourth-order valence-corrected chi connectivity index (χ4v) is 2.62. The quantitative estimate of drug-likeness (QED) is 0.481. The SMILES string of the molecule is CCOC(=O)COCc1nc2ccccn2c1C#Cc1cccc(C(F)(F)F)c1. The number of halogens is 3. The minimum Gasteiger partial charge on any atom is -0.464 e. The number of imidazole rings is 1. The van der Waals surface area contributed by atoms with Gasteiger partial charge in [0.15, 0.2) is 0 Å². The molecule has 150 valence electrons. The van der Waals surface area contributed by atoms with Crippen LogP contribution in [0.4, 0.5) is 13.2 Å². The number of nitrogens with zero attached hydrogens (tertiary/aromatic N) is 2. The smallest absolute Gasteiger partial charge is 0.416 e. The van der Waals surface area contributed by atoms with Crippen LogP contribution < -0.4 is 0 Å². The van der Waals surface area contributed by atoms with E-state index in [0.29, 0.717) is 17.0 Å². The van der Waals surface area contributed by atoms with E-state index in [0.717, 1.165) is 12.1 Å². The molecule has 0 N–H and O–H groups in total. The molecule has 0 aliphatic carbocycles. The molecule has 0 aliphatic heterocycles. The molecule has 0 amide bonds. The molecule has 3 rings (SSSR count). The Morgan fingerprint density at radius 3 is 2.76 bits per heavy atom. The zero-order valence-electron chi connectivity index (χ0n) is 15.5. The number of rotatable bonds is 5. The average Bonchev–Trinajstić information content (AvgIpc) is 3.03. The number of esters is 1. The van der Waals surface area contributed by atoms with Crippen molar-refractivity contribution >= 4 is 11.6 Å². The van der Waals surface area contributed by atoms with E-state index in [1.807, 2.05) is 0 Å². The Bertz CT molecular complexity index is 1080. The summed E-state index contributed by atoms with van der Waals surface area (Å²) in [6.07, 6.45) is -2.69. The molecule has 0 unspecified atom stereocenters. The second kappa shape index (κ2) is 8.80. The number of hydrogen-bond donors (Lipinski definition) is 0. The van der Waals surface area contributed by atoms with Crippen LogP contribution in [0.5, 0.6) is 0 Å². The monoisotopic (exact) mass is 402 g/mol. The lowest BCUT2D eigenvalue weighted by molar-refractivity contribution is -0.148. The van der Waals surface area contributed by atoms with Crippen LogP contribution >= 0.6 is 0 Å². The molecular weight excluding hydrogens is 385 g/mol. The van der Waals surface area contributed by atoms with Gasteiger partial charge in [0, 0.05) is 11.8 Å². The van der Waals surface area contributed by atoms with E-state index in [2.05, 4.69) is 16.8 Å². The molecule has 0 bridgehead atoms. The molecule has 0 aliphatic rings. The number of benzene rings is 1. The Morgan fingerprint density at radius 1 is 1.17 bits per heavy atom. The summed E-state index contributed by atoms with van der Waals surface area (Å²) >= 11 is 0. The molecule has 29 heavy (non-hydrogen) atoms. The zero-order chi connectivity index (χ0) is 20.9. The molecule has 0 radical (unpaired) electrons. The standard InChI is InChI=1S/C21H17F3N2O3/c1-2-29-20(27)14-28-13-17-18(26-11-4-3-8-19(26)25-17)10-9-15-6-5-7-16(12-15)21(22,23)24/h3-8,11-12H,2,13-14H2,1H3. The normalized spacial score (nSPS) is 11.2. The van der Waals surface area contributed by atoms with Gasteiger partial charge in [-0.2, -0.15) is 13.2 Å². The highest BCUT2D eigenvalue weighted by Gasteiger charge is 2.30. The van der Waals surface area contributed by atoms with E-state index in [4.69, 9.17) is 9.47 Å². The number of carbonyl (C=O) groups is 1. The topological polar surface area (TPSA) is 52.8 Å². The van der Waals surface area contributed by atoms with E-state index >= 15 is 0 Å². The molecule has 0 saturated heterocycles. The van der Waals surface area contributed by atoms with E-state index < -0.39 is 17.7 Å². The van der Waals surface area contributed by atoms with E-state index in [1.54, 1.807) is 35.7 Å². The van der Waals surface area contributed by atoms with Crippen LogP contribution in [-0.4, -0.2) is 28.6 Å². The third-order valence-corrected chi connectivity index (χ3v) is 3.88. The number of carbonyl (C=O) groups excluding carboxylic acids is 1. The highest BCUT2D eigenvalue weighted by molar-refractivity contribution is 5.70. The van der Waals surface area contributed by atoms with Crippen molar-refractivity contribution in [2.24, 2.45) is 0 Å². The molecule has 0 spiro atoms. The highest BCUT2D eigenvalue weighted by Crippen LogP contribution is 2.29. The first-order valence-corrected chi connectivity index (χ1v) is 8.77. The van der Waals surface area contributed by atoms with Gasteiger partial charge < -0.3 is 9.47 Å². The van der Waals surface area contributed by atoms with Crippen LogP contribution in [0.1, 0.15) is 29.4 Å². The van der Waals surface area contributed by atoms with Crippen molar-refractivity contribution in [3.63, 3.8) is 0 Å². The van der Waals surface area contributed by atoms with Crippen molar-refractivity contribution < 1.29 is 27.4 Å². The lowest BCUT2D eigenvalue weighted by Crippen LogP contribution is -2.12. The van der Waals surface area contributed by atoms with Crippen LogP contribution in [-0.2, 0) is 27.1 Å². The van der Waals surface area contributed by atoms with Gasteiger partial charge in [-0.25, -0.2) is 9.78 Å². The van der Waals surface area contributed by atoms with Gasteiger partial charge in [0.05, 0.1) is 18.8 Å². The molecule has 1 aromatic carbocycles. The van der Waals surface area contributed by atoms with Gasteiger partial charge in [0.2, 0.25) is 0 Å². The Labute approximate surface area is 165 Å². The maximum absolute atomic E-state index is 12.9. The second-order valence-corrected chi connectivity index (χ2v) is 5.96. The van der Waals surface area contributed by atoms with Gasteiger partial charge in [0.1, 0.15) is 23.6 Å². The van der Waals surface area contributed by atoms with Crippen molar-refractivity contribution in [3.05, 3.63) is 71.2 Å². The van der Waals surface area contributed by atoms with Crippen molar-refractivity contribution in [1.82, 2.24) is 9.38 Å². The predicted octanol–water partition coefficient (Wildman–Crippen LogP) is 3.83. The van der Waals surface area contributed by atoms with Gasteiger partial charge in [-0.05, 0) is 43.2 Å². The lowest BCUT2D eigenvalue weighted by atomic mass is 10.1. The second-order valence-electron chi connectivity index (χ2n) is 5.96. The molecule has 2 aromatic heterocycles. The average molecular weight is 402 g/mol. The largest absolute Gasteiger partial charge is 0.464 e. The molecule has 0 fully saturated rings. The minimum absolute atomic E-state index is 0.00704. The summed E-state index contributed by atoms with van der Waals surface area (Å²) in [5.74, 6) is 5.14. The summed E-state index contributed by atoms with van der Waals surface area (Å²) in [6, 6.07) is 10.2. The predicted molar refractivity (Wildman–Crippen MR) is 98.9 cm³/mol. The molecule has 5 nitrogen and oxygen atoms in total. The molecule has 2 heterocycles. The molecule has 8 heteroatoms. The maximum Gasteiger partial charge on any atom is 0.416 e. The zero-order valence-corrected chi connectivity index (χ0v) is 15.5. The fourth-order valence-electron chi connectivity index (χ4n) is 2.62. The van der Waals surface area contributed by atoms with Crippen molar-refractivity contribution in [2.75, 3.05) is 13.2 Å². The summed E-state index contributed by atoms with van der Waals surface area (Å²) in [5, 5.41) is 0. The summed E-state index contributed by atoms with van der Waals surface area (Å²) < 4.78 is 50.6. The van der Waals surface area contributed by atoms with Crippen molar-refractivity contribution in [1.29, 1.82) is 0 Å². The maximum atomic E-state index is 12.9. The summed E-state index contributed by atoms with van der Waals surface area (Å²) in [7, 11) is 0. The number of alkyl halides is 3. The number of fused-ring (bicyclic) bond motifs is 1. The molecule has 0 saturated carbocycles. The van der Waals surface area contributed by atoms with E-state index in [-0.39, 0.29) is 25.4 Å². The number of pyridine rings is 1. The third-order valence-electron chi connectivity index (χ3n) is 3.88. The van der Waals surface area contributed by atoms with Gasteiger partial charge in [-0.3, -0.25) is 4.40 Å². The van der Waals surface area contributed by atoms with Crippen LogP contribution in [0, 0.1) is 11.8 Å². The Hall–Kier alpha value is -3.31. The molecule has 3 aromatic rings. The third kappa shape index (κ3) is 5.15. The number of hydrogen-bond acceptors (Lipinski definition) is 4. The summed E-state index contributed by atoms with van der Waals surface area (Å²) in [4.78, 5) is 15.8. The van der Waals surface area contributed by atoms with Gasteiger partial charge >= 0.3 is 12.1 Å². The fraction of sp³-hybridized carbons (Fsp3) is 0.238. The first-order valence-electron chi connectivity index (χ1n) is 8.77. The van der Waals surface area contributed by atoms with Crippen LogP contribution in [0.3, 0.4) is 0 Å². The Morgan fingerprint density at radius 2 is 2.00 bits per heavy atom. The lowest BCUT2D eigenvalue weighted by Gasteiger charge is -2.05. The van der Waals surface area contributed by atoms with E-state index in [1.165, 1.54) is 12.1 Å². The van der Waals surface area contributed by atoms with E-state index in [9.17, 15) is 18.0 Å². The Balaban J connectivity index is 1.89. The number of ether oxygens (including phenoxy) is 2. The summed E-state index contributed by atoms with van der Waals surface area (Å²) in [6.45, 7) is 1.72. The summed E-state index contributed by atoms with van der Waals surface area (Å²) in [5.41, 5.74) is 1.02. The van der Waals surface area contributed by atoms with Crippen LogP contribution in [0.25, 0.3) is 5.65 Å². The van der Waals surface area contributed by atoms with Crippen LogP contribution in [0.2, 0.25) is 0 Å². The van der Waals surface area contributed by atoms with Crippen LogP contribution in [0.15, 0.2) is 48.7 Å². The Kier molecular flexibility index (Phi) is 6.20. The number of aromatic nitrogens is 2. The first-order chi connectivity index (χ1) is 13.9. The molecule has 0 atom stereocenters. The first kappa shape index (κ1) is 20.4. The minimum atomic E-state index is -4.44. The van der Waals surface area contributed by atoms with Crippen molar-refractivity contribution in [2.45, 2.75) is 19.7 Å². The highest BCUT2D eigenvalue weighted by atomic mass is 19.4.